The van der Waals surface area contributed by atoms with E-state index in [-0.39, 0.29) is 11.7 Å². The average molecular weight is 390 g/mol. The molecule has 1 saturated heterocycles. The van der Waals surface area contributed by atoms with Gasteiger partial charge in [-0.15, -0.1) is 0 Å². The summed E-state index contributed by atoms with van der Waals surface area (Å²) in [5.41, 5.74) is -0.269. The molecule has 0 spiro atoms. The van der Waals surface area contributed by atoms with Crippen molar-refractivity contribution in [3.63, 3.8) is 0 Å². The normalized spacial score (nSPS) is 14.0. The summed E-state index contributed by atoms with van der Waals surface area (Å²) in [4.78, 5) is 32.0. The van der Waals surface area contributed by atoms with Gasteiger partial charge in [0.15, 0.2) is 0 Å². The van der Waals surface area contributed by atoms with Crippen LogP contribution in [0.5, 0.6) is 0 Å². The Morgan fingerprint density at radius 3 is 2.46 bits per heavy atom. The number of amides is 2. The highest BCUT2D eigenvalue weighted by atomic mass is 19.1. The lowest BCUT2D eigenvalue weighted by Gasteiger charge is -2.34. The summed E-state index contributed by atoms with van der Waals surface area (Å²) in [6.07, 6.45) is 1.11. The van der Waals surface area contributed by atoms with Crippen molar-refractivity contribution < 1.29 is 23.1 Å². The smallest absolute Gasteiger partial charge is 0.409 e. The summed E-state index contributed by atoms with van der Waals surface area (Å²) >= 11 is 0. The number of halogens is 2. The molecule has 1 aliphatic heterocycles. The fourth-order valence-corrected chi connectivity index (χ4v) is 2.87. The molecular formula is C19H20F2N4O3. The number of para-hydroxylation sites is 1. The maximum Gasteiger partial charge on any atom is 0.409 e. The first-order valence-electron chi connectivity index (χ1n) is 8.87. The Morgan fingerprint density at radius 1 is 1.14 bits per heavy atom. The minimum absolute atomic E-state index is 0.223. The van der Waals surface area contributed by atoms with Gasteiger partial charge in [0, 0.05) is 37.9 Å². The molecule has 2 heterocycles. The molecular weight excluding hydrogens is 370 g/mol. The molecule has 9 heteroatoms. The highest BCUT2D eigenvalue weighted by Crippen LogP contribution is 2.20. The molecule has 0 radical (unpaired) electrons. The van der Waals surface area contributed by atoms with Crippen molar-refractivity contribution in [3.05, 3.63) is 53.7 Å². The van der Waals surface area contributed by atoms with Gasteiger partial charge in [-0.3, -0.25) is 4.79 Å². The summed E-state index contributed by atoms with van der Waals surface area (Å²) < 4.78 is 32.5. The molecule has 1 aromatic heterocycles. The molecule has 28 heavy (non-hydrogen) atoms. The van der Waals surface area contributed by atoms with Crippen molar-refractivity contribution in [3.8, 4) is 0 Å². The van der Waals surface area contributed by atoms with Crippen LogP contribution in [0.4, 0.5) is 25.1 Å². The van der Waals surface area contributed by atoms with E-state index in [0.717, 1.165) is 12.1 Å². The quantitative estimate of drug-likeness (QED) is 0.869. The summed E-state index contributed by atoms with van der Waals surface area (Å²) in [6, 6.07) is 6.38. The van der Waals surface area contributed by atoms with E-state index in [1.807, 2.05) is 4.90 Å². The van der Waals surface area contributed by atoms with Gasteiger partial charge in [-0.1, -0.05) is 6.07 Å². The number of carbonyl (C=O) groups excluding carboxylic acids is 2. The van der Waals surface area contributed by atoms with Crippen molar-refractivity contribution in [2.24, 2.45) is 0 Å². The van der Waals surface area contributed by atoms with Gasteiger partial charge in [-0.2, -0.15) is 0 Å². The number of nitrogens with one attached hydrogen (secondary N) is 1. The summed E-state index contributed by atoms with van der Waals surface area (Å²) in [7, 11) is 0. The first-order valence-corrected chi connectivity index (χ1v) is 8.87. The number of ether oxygens (including phenoxy) is 1. The molecule has 0 unspecified atom stereocenters. The van der Waals surface area contributed by atoms with Crippen LogP contribution in [0.1, 0.15) is 17.3 Å². The molecule has 3 rings (SSSR count). The second kappa shape index (κ2) is 8.64. The first kappa shape index (κ1) is 19.5. The molecule has 7 nitrogen and oxygen atoms in total. The number of pyridine rings is 1. The van der Waals surface area contributed by atoms with Crippen LogP contribution in [0, 0.1) is 11.6 Å². The number of aromatic nitrogens is 1. The van der Waals surface area contributed by atoms with E-state index in [0.29, 0.717) is 38.6 Å². The topological polar surface area (TPSA) is 74.8 Å². The van der Waals surface area contributed by atoms with Crippen LogP contribution in [-0.4, -0.2) is 54.7 Å². The van der Waals surface area contributed by atoms with Crippen LogP contribution in [0.3, 0.4) is 0 Å². The van der Waals surface area contributed by atoms with E-state index in [1.54, 1.807) is 17.9 Å². The molecule has 1 aromatic carbocycles. The third kappa shape index (κ3) is 4.36. The van der Waals surface area contributed by atoms with Crippen molar-refractivity contribution in [2.45, 2.75) is 6.92 Å². The van der Waals surface area contributed by atoms with Crippen LogP contribution in [-0.2, 0) is 4.74 Å². The van der Waals surface area contributed by atoms with Gasteiger partial charge in [-0.25, -0.2) is 18.6 Å². The summed E-state index contributed by atoms with van der Waals surface area (Å²) in [6.45, 7) is 4.06. The van der Waals surface area contributed by atoms with Gasteiger partial charge in [0.1, 0.15) is 23.1 Å². The highest BCUT2D eigenvalue weighted by molar-refractivity contribution is 6.04. The van der Waals surface area contributed by atoms with E-state index in [9.17, 15) is 18.4 Å². The molecule has 1 fully saturated rings. The SMILES string of the molecule is CCOC(=O)N1CCN(c2cc(C(=O)Nc3c(F)cccc3F)ccn2)CC1. The molecule has 0 atom stereocenters. The van der Waals surface area contributed by atoms with Gasteiger partial charge >= 0.3 is 6.09 Å². The Morgan fingerprint density at radius 2 is 1.82 bits per heavy atom. The Balaban J connectivity index is 1.68. The van der Waals surface area contributed by atoms with Gasteiger partial charge in [0.2, 0.25) is 0 Å². The number of carbonyl (C=O) groups is 2. The maximum atomic E-state index is 13.7. The second-order valence-corrected chi connectivity index (χ2v) is 6.13. The van der Waals surface area contributed by atoms with Crippen molar-refractivity contribution in [1.82, 2.24) is 9.88 Å². The van der Waals surface area contributed by atoms with Gasteiger partial charge in [-0.05, 0) is 31.2 Å². The monoisotopic (exact) mass is 390 g/mol. The lowest BCUT2D eigenvalue weighted by molar-refractivity contribution is 0.102. The summed E-state index contributed by atoms with van der Waals surface area (Å²) in [5, 5.41) is 2.26. The first-order chi connectivity index (χ1) is 13.5. The highest BCUT2D eigenvalue weighted by Gasteiger charge is 2.23. The van der Waals surface area contributed by atoms with Gasteiger partial charge in [0.05, 0.1) is 6.61 Å². The van der Waals surface area contributed by atoms with Crippen LogP contribution >= 0.6 is 0 Å². The van der Waals surface area contributed by atoms with Crippen LogP contribution in [0.15, 0.2) is 36.5 Å². The number of anilines is 2. The van der Waals surface area contributed by atoms with Crippen molar-refractivity contribution in [2.75, 3.05) is 43.0 Å². The van der Waals surface area contributed by atoms with Crippen LogP contribution in [0.2, 0.25) is 0 Å². The average Bonchev–Trinajstić information content (AvgIpc) is 2.71. The lowest BCUT2D eigenvalue weighted by atomic mass is 10.2. The fourth-order valence-electron chi connectivity index (χ4n) is 2.87. The fraction of sp³-hybridized carbons (Fsp3) is 0.316. The zero-order valence-corrected chi connectivity index (χ0v) is 15.3. The number of benzene rings is 1. The Labute approximate surface area is 160 Å². The number of hydrogen-bond acceptors (Lipinski definition) is 5. The van der Waals surface area contributed by atoms with E-state index < -0.39 is 23.2 Å². The van der Waals surface area contributed by atoms with Crippen LogP contribution in [0.25, 0.3) is 0 Å². The van der Waals surface area contributed by atoms with E-state index in [2.05, 4.69) is 10.3 Å². The van der Waals surface area contributed by atoms with Crippen molar-refractivity contribution in [1.29, 1.82) is 0 Å². The molecule has 2 amide bonds. The third-order valence-electron chi connectivity index (χ3n) is 4.34. The van der Waals surface area contributed by atoms with E-state index >= 15 is 0 Å². The largest absolute Gasteiger partial charge is 0.450 e. The number of nitrogens with zero attached hydrogens (tertiary/aromatic N) is 3. The number of rotatable bonds is 4. The molecule has 1 aliphatic rings. The van der Waals surface area contributed by atoms with E-state index in [4.69, 9.17) is 4.74 Å². The number of piperazine rings is 1. The molecule has 0 aliphatic carbocycles. The third-order valence-corrected chi connectivity index (χ3v) is 4.34. The standard InChI is InChI=1S/C19H20F2N4O3/c1-2-28-19(27)25-10-8-24(9-11-25)16-12-13(6-7-22-16)18(26)23-17-14(20)4-3-5-15(17)21/h3-7,12H,2,8-11H2,1H3,(H,23,26). The zero-order chi connectivity index (χ0) is 20.1. The Kier molecular flexibility index (Phi) is 6.03. The molecule has 1 N–H and O–H groups in total. The van der Waals surface area contributed by atoms with E-state index in [1.165, 1.54) is 18.3 Å². The Bertz CT molecular complexity index is 850. The zero-order valence-electron chi connectivity index (χ0n) is 15.3. The summed E-state index contributed by atoms with van der Waals surface area (Å²) in [5.74, 6) is -1.79. The molecule has 0 bridgehead atoms. The maximum absolute atomic E-state index is 13.7. The van der Waals surface area contributed by atoms with Crippen molar-refractivity contribution >= 4 is 23.5 Å². The minimum Gasteiger partial charge on any atom is -0.450 e. The lowest BCUT2D eigenvalue weighted by Crippen LogP contribution is -2.49. The molecule has 148 valence electrons. The van der Waals surface area contributed by atoms with Crippen LogP contribution < -0.4 is 10.2 Å². The predicted octanol–water partition coefficient (Wildman–Crippen LogP) is 2.89. The Hall–Kier alpha value is -3.23. The number of hydrogen-bond donors (Lipinski definition) is 1. The second-order valence-electron chi connectivity index (χ2n) is 6.13. The van der Waals surface area contributed by atoms with Gasteiger partial charge in [0.25, 0.3) is 5.91 Å². The van der Waals surface area contributed by atoms with Gasteiger partial charge < -0.3 is 19.9 Å². The molecule has 0 saturated carbocycles. The predicted molar refractivity (Wildman–Crippen MR) is 99.4 cm³/mol. The molecule has 2 aromatic rings. The minimum atomic E-state index is -0.849.